The molecule has 3 N–H and O–H groups in total. The summed E-state index contributed by atoms with van der Waals surface area (Å²) in [7, 11) is 0. The number of nitrogens with one attached hydrogen (secondary N) is 1. The summed E-state index contributed by atoms with van der Waals surface area (Å²) in [5, 5.41) is 2.87. The van der Waals surface area contributed by atoms with E-state index in [0.29, 0.717) is 17.8 Å². The Morgan fingerprint density at radius 2 is 1.79 bits per heavy atom. The van der Waals surface area contributed by atoms with Crippen LogP contribution in [-0.4, -0.2) is 5.91 Å². The Morgan fingerprint density at radius 1 is 1.11 bits per heavy atom. The average Bonchev–Trinajstić information content (AvgIpc) is 2.46. The molecule has 0 aliphatic carbocycles. The van der Waals surface area contributed by atoms with Crippen LogP contribution in [0.25, 0.3) is 0 Å². The first-order valence-electron chi connectivity index (χ1n) is 6.41. The number of hydrogen-bond donors (Lipinski definition) is 2. The fourth-order valence-corrected chi connectivity index (χ4v) is 1.86. The number of amides is 1. The Morgan fingerprint density at radius 3 is 2.42 bits per heavy atom. The second-order valence-corrected chi connectivity index (χ2v) is 4.43. The molecule has 0 aliphatic heterocycles. The van der Waals surface area contributed by atoms with Crippen molar-refractivity contribution in [2.24, 2.45) is 0 Å². The van der Waals surface area contributed by atoms with Crippen LogP contribution in [0.4, 0.5) is 5.69 Å². The van der Waals surface area contributed by atoms with Crippen molar-refractivity contribution in [2.45, 2.75) is 19.9 Å². The molecule has 2 aromatic carbocycles. The minimum Gasteiger partial charge on any atom is -0.398 e. The summed E-state index contributed by atoms with van der Waals surface area (Å²) in [6.45, 7) is 2.54. The SMILES string of the molecule is CCc1ccc(C(=O)NCc2ccccc2N)cc1. The second-order valence-electron chi connectivity index (χ2n) is 4.43. The van der Waals surface area contributed by atoms with Gasteiger partial charge in [0.05, 0.1) is 0 Å². The Bertz CT molecular complexity index is 561. The van der Waals surface area contributed by atoms with Crippen LogP contribution in [0.1, 0.15) is 28.4 Å². The molecule has 0 bridgehead atoms. The lowest BCUT2D eigenvalue weighted by atomic mass is 10.1. The Balaban J connectivity index is 1.99. The van der Waals surface area contributed by atoms with Gasteiger partial charge in [-0.15, -0.1) is 0 Å². The van der Waals surface area contributed by atoms with Gasteiger partial charge in [-0.05, 0) is 35.7 Å². The standard InChI is InChI=1S/C16H18N2O/c1-2-12-7-9-13(10-8-12)16(19)18-11-14-5-3-4-6-15(14)17/h3-10H,2,11,17H2,1H3,(H,18,19). The molecule has 98 valence electrons. The van der Waals surface area contributed by atoms with Crippen LogP contribution in [-0.2, 0) is 13.0 Å². The predicted molar refractivity (Wildman–Crippen MR) is 77.8 cm³/mol. The van der Waals surface area contributed by atoms with E-state index < -0.39 is 0 Å². The van der Waals surface area contributed by atoms with Crippen molar-refractivity contribution < 1.29 is 4.79 Å². The number of anilines is 1. The normalized spacial score (nSPS) is 10.2. The number of aryl methyl sites for hydroxylation is 1. The van der Waals surface area contributed by atoms with Crippen molar-refractivity contribution in [1.82, 2.24) is 5.32 Å². The number of carbonyl (C=O) groups is 1. The number of rotatable bonds is 4. The van der Waals surface area contributed by atoms with Crippen LogP contribution < -0.4 is 11.1 Å². The minimum absolute atomic E-state index is 0.0779. The molecule has 2 aromatic rings. The minimum atomic E-state index is -0.0779. The zero-order chi connectivity index (χ0) is 13.7. The van der Waals surface area contributed by atoms with Crippen molar-refractivity contribution in [1.29, 1.82) is 0 Å². The van der Waals surface area contributed by atoms with E-state index >= 15 is 0 Å². The molecule has 0 atom stereocenters. The third-order valence-corrected chi connectivity index (χ3v) is 3.12. The van der Waals surface area contributed by atoms with Gasteiger partial charge in [0.25, 0.3) is 5.91 Å². The lowest BCUT2D eigenvalue weighted by Gasteiger charge is -2.08. The molecule has 0 aliphatic rings. The first-order chi connectivity index (χ1) is 9.20. The van der Waals surface area contributed by atoms with E-state index in [1.165, 1.54) is 5.56 Å². The van der Waals surface area contributed by atoms with E-state index in [4.69, 9.17) is 5.73 Å². The largest absolute Gasteiger partial charge is 0.398 e. The summed E-state index contributed by atoms with van der Waals surface area (Å²) in [5.74, 6) is -0.0779. The number of carbonyl (C=O) groups excluding carboxylic acids is 1. The fraction of sp³-hybridized carbons (Fsp3) is 0.188. The van der Waals surface area contributed by atoms with Crippen LogP contribution >= 0.6 is 0 Å². The highest BCUT2D eigenvalue weighted by Gasteiger charge is 2.05. The van der Waals surface area contributed by atoms with Gasteiger partial charge in [0.2, 0.25) is 0 Å². The molecule has 0 aromatic heterocycles. The lowest BCUT2D eigenvalue weighted by Crippen LogP contribution is -2.23. The summed E-state index contributed by atoms with van der Waals surface area (Å²) in [6, 6.07) is 15.2. The van der Waals surface area contributed by atoms with Crippen molar-refractivity contribution >= 4 is 11.6 Å². The molecule has 0 heterocycles. The smallest absolute Gasteiger partial charge is 0.251 e. The van der Waals surface area contributed by atoms with E-state index in [1.54, 1.807) is 0 Å². The molecule has 0 fully saturated rings. The van der Waals surface area contributed by atoms with E-state index in [9.17, 15) is 4.79 Å². The summed E-state index contributed by atoms with van der Waals surface area (Å²) in [5.41, 5.74) is 9.36. The summed E-state index contributed by atoms with van der Waals surface area (Å²) >= 11 is 0. The molecule has 0 radical (unpaired) electrons. The summed E-state index contributed by atoms with van der Waals surface area (Å²) in [6.07, 6.45) is 0.975. The number of para-hydroxylation sites is 1. The monoisotopic (exact) mass is 254 g/mol. The topological polar surface area (TPSA) is 55.1 Å². The average molecular weight is 254 g/mol. The second kappa shape index (κ2) is 6.05. The molecule has 0 saturated heterocycles. The van der Waals surface area contributed by atoms with Crippen LogP contribution in [0.5, 0.6) is 0 Å². The highest BCUT2D eigenvalue weighted by atomic mass is 16.1. The maximum absolute atomic E-state index is 12.0. The van der Waals surface area contributed by atoms with Crippen LogP contribution in [0.2, 0.25) is 0 Å². The Kier molecular flexibility index (Phi) is 4.18. The maximum atomic E-state index is 12.0. The summed E-state index contributed by atoms with van der Waals surface area (Å²) < 4.78 is 0. The number of hydrogen-bond acceptors (Lipinski definition) is 2. The maximum Gasteiger partial charge on any atom is 0.251 e. The number of nitrogen functional groups attached to an aromatic ring is 1. The molecule has 1 amide bonds. The predicted octanol–water partition coefficient (Wildman–Crippen LogP) is 2.76. The van der Waals surface area contributed by atoms with Gasteiger partial charge in [0, 0.05) is 17.8 Å². The van der Waals surface area contributed by atoms with Crippen molar-refractivity contribution in [3.05, 3.63) is 65.2 Å². The molecule has 0 unspecified atom stereocenters. The zero-order valence-electron chi connectivity index (χ0n) is 11.0. The first-order valence-corrected chi connectivity index (χ1v) is 6.41. The molecular formula is C16H18N2O. The lowest BCUT2D eigenvalue weighted by molar-refractivity contribution is 0.0951. The fourth-order valence-electron chi connectivity index (χ4n) is 1.86. The van der Waals surface area contributed by atoms with Crippen LogP contribution in [0.3, 0.4) is 0 Å². The molecule has 0 spiro atoms. The Hall–Kier alpha value is -2.29. The third-order valence-electron chi connectivity index (χ3n) is 3.12. The van der Waals surface area contributed by atoms with Crippen molar-refractivity contribution in [2.75, 3.05) is 5.73 Å². The first kappa shape index (κ1) is 13.1. The number of nitrogens with two attached hydrogens (primary N) is 1. The molecule has 19 heavy (non-hydrogen) atoms. The third kappa shape index (κ3) is 3.35. The molecule has 0 saturated carbocycles. The zero-order valence-corrected chi connectivity index (χ0v) is 11.0. The van der Waals surface area contributed by atoms with Gasteiger partial charge in [-0.25, -0.2) is 0 Å². The highest BCUT2D eigenvalue weighted by Crippen LogP contribution is 2.10. The van der Waals surface area contributed by atoms with E-state index in [0.717, 1.165) is 12.0 Å². The van der Waals surface area contributed by atoms with E-state index in [1.807, 2.05) is 48.5 Å². The van der Waals surface area contributed by atoms with Crippen LogP contribution in [0, 0.1) is 0 Å². The highest BCUT2D eigenvalue weighted by molar-refractivity contribution is 5.94. The molecule has 2 rings (SSSR count). The van der Waals surface area contributed by atoms with Gasteiger partial charge < -0.3 is 11.1 Å². The molecule has 3 heteroatoms. The quantitative estimate of drug-likeness (QED) is 0.824. The van der Waals surface area contributed by atoms with E-state index in [-0.39, 0.29) is 5.91 Å². The molecular weight excluding hydrogens is 236 g/mol. The van der Waals surface area contributed by atoms with E-state index in [2.05, 4.69) is 12.2 Å². The molecule has 3 nitrogen and oxygen atoms in total. The van der Waals surface area contributed by atoms with Gasteiger partial charge in [0.15, 0.2) is 0 Å². The van der Waals surface area contributed by atoms with Crippen molar-refractivity contribution in [3.8, 4) is 0 Å². The summed E-state index contributed by atoms with van der Waals surface area (Å²) in [4.78, 5) is 12.0. The van der Waals surface area contributed by atoms with Gasteiger partial charge in [0.1, 0.15) is 0 Å². The Labute approximate surface area is 113 Å². The van der Waals surface area contributed by atoms with Gasteiger partial charge in [-0.3, -0.25) is 4.79 Å². The van der Waals surface area contributed by atoms with Crippen molar-refractivity contribution in [3.63, 3.8) is 0 Å². The van der Waals surface area contributed by atoms with Gasteiger partial charge in [-0.1, -0.05) is 37.3 Å². The van der Waals surface area contributed by atoms with Crippen LogP contribution in [0.15, 0.2) is 48.5 Å². The number of benzene rings is 2. The van der Waals surface area contributed by atoms with Gasteiger partial charge in [-0.2, -0.15) is 0 Å². The van der Waals surface area contributed by atoms with Gasteiger partial charge >= 0.3 is 0 Å².